The highest BCUT2D eigenvalue weighted by Crippen LogP contribution is 2.47. The zero-order valence-electron chi connectivity index (χ0n) is 20.1. The number of amides is 2. The summed E-state index contributed by atoms with van der Waals surface area (Å²) in [5.41, 5.74) is -0.0981. The van der Waals surface area contributed by atoms with Gasteiger partial charge < -0.3 is 24.5 Å². The number of ketones is 2. The highest BCUT2D eigenvalue weighted by atomic mass is 16.5. The van der Waals surface area contributed by atoms with Crippen LogP contribution >= 0.6 is 0 Å². The van der Waals surface area contributed by atoms with E-state index in [0.29, 0.717) is 6.42 Å². The zero-order valence-corrected chi connectivity index (χ0v) is 20.1. The van der Waals surface area contributed by atoms with E-state index < -0.39 is 29.8 Å². The number of carbonyl (C=O) groups excluding carboxylic acids is 4. The van der Waals surface area contributed by atoms with Crippen LogP contribution in [-0.2, 0) is 23.9 Å². The number of rotatable bonds is 15. The number of furan rings is 1. The van der Waals surface area contributed by atoms with Gasteiger partial charge in [0, 0.05) is 26.1 Å². The second-order valence-corrected chi connectivity index (χ2v) is 9.43. The molecule has 0 radical (unpaired) electrons. The number of nitrogens with one attached hydrogen (secondary N) is 2. The summed E-state index contributed by atoms with van der Waals surface area (Å²) in [6.07, 6.45) is 4.64. The molecule has 1 aromatic rings. The molecule has 2 N–H and O–H groups in total. The molecule has 2 amide bonds. The van der Waals surface area contributed by atoms with Crippen LogP contribution in [0.1, 0.15) is 56.8 Å². The van der Waals surface area contributed by atoms with Crippen molar-refractivity contribution >= 4 is 23.4 Å². The molecule has 0 spiro atoms. The van der Waals surface area contributed by atoms with Crippen molar-refractivity contribution in [2.45, 2.75) is 58.5 Å². The summed E-state index contributed by atoms with van der Waals surface area (Å²) in [6, 6.07) is -0.0603. The van der Waals surface area contributed by atoms with E-state index in [1.807, 2.05) is 20.8 Å². The van der Waals surface area contributed by atoms with Gasteiger partial charge >= 0.3 is 0 Å². The normalized spacial score (nSPS) is 17.2. The molecule has 3 atom stereocenters. The minimum absolute atomic E-state index is 0.00676. The third-order valence-corrected chi connectivity index (χ3v) is 5.93. The Morgan fingerprint density at radius 1 is 1.06 bits per heavy atom. The van der Waals surface area contributed by atoms with Crippen LogP contribution < -0.4 is 10.6 Å². The zero-order chi connectivity index (χ0) is 24.6. The summed E-state index contributed by atoms with van der Waals surface area (Å²) >= 11 is 0. The number of methoxy groups -OCH3 is 2. The Kier molecular flexibility index (Phi) is 9.79. The van der Waals surface area contributed by atoms with Gasteiger partial charge in [-0.15, -0.1) is 0 Å². The van der Waals surface area contributed by atoms with E-state index in [1.165, 1.54) is 32.8 Å². The van der Waals surface area contributed by atoms with Crippen LogP contribution in [-0.4, -0.2) is 62.9 Å². The lowest BCUT2D eigenvalue weighted by molar-refractivity contribution is -0.135. The van der Waals surface area contributed by atoms with Crippen LogP contribution in [0.3, 0.4) is 0 Å². The molecular formula is C24H36N2O7. The monoisotopic (exact) mass is 464 g/mol. The van der Waals surface area contributed by atoms with E-state index in [0.717, 1.165) is 12.8 Å². The van der Waals surface area contributed by atoms with Crippen molar-refractivity contribution in [3.8, 4) is 0 Å². The van der Waals surface area contributed by atoms with Gasteiger partial charge in [0.15, 0.2) is 11.6 Å². The summed E-state index contributed by atoms with van der Waals surface area (Å²) < 4.78 is 15.2. The number of carbonyl (C=O) groups is 4. The molecule has 9 nitrogen and oxygen atoms in total. The topological polar surface area (TPSA) is 124 Å². The molecule has 0 unspecified atom stereocenters. The Morgan fingerprint density at radius 3 is 2.24 bits per heavy atom. The minimum Gasteiger partial charge on any atom is -0.472 e. The van der Waals surface area contributed by atoms with Crippen molar-refractivity contribution in [1.82, 2.24) is 10.6 Å². The Balaban J connectivity index is 2.07. The van der Waals surface area contributed by atoms with E-state index in [1.54, 1.807) is 0 Å². The van der Waals surface area contributed by atoms with Crippen molar-refractivity contribution in [3.63, 3.8) is 0 Å². The third-order valence-electron chi connectivity index (χ3n) is 5.93. The van der Waals surface area contributed by atoms with Gasteiger partial charge in [-0.3, -0.25) is 19.2 Å². The van der Waals surface area contributed by atoms with Crippen molar-refractivity contribution in [3.05, 3.63) is 24.2 Å². The molecule has 9 heteroatoms. The highest BCUT2D eigenvalue weighted by molar-refractivity contribution is 5.99. The summed E-state index contributed by atoms with van der Waals surface area (Å²) in [5.74, 6) is -1.81. The van der Waals surface area contributed by atoms with Gasteiger partial charge in [-0.1, -0.05) is 20.8 Å². The van der Waals surface area contributed by atoms with E-state index >= 15 is 0 Å². The fraction of sp³-hybridized carbons (Fsp3) is 0.667. The lowest BCUT2D eigenvalue weighted by Crippen LogP contribution is -2.49. The Labute approximate surface area is 194 Å². The summed E-state index contributed by atoms with van der Waals surface area (Å²) in [6.45, 7) is 5.87. The smallest absolute Gasteiger partial charge is 0.255 e. The number of hydrogen-bond acceptors (Lipinski definition) is 7. The van der Waals surface area contributed by atoms with Gasteiger partial charge in [0.25, 0.3) is 5.91 Å². The molecule has 0 aromatic carbocycles. The molecule has 184 valence electrons. The first-order valence-corrected chi connectivity index (χ1v) is 11.3. The van der Waals surface area contributed by atoms with Crippen LogP contribution in [0, 0.1) is 17.3 Å². The molecule has 0 saturated heterocycles. The summed E-state index contributed by atoms with van der Waals surface area (Å²) in [4.78, 5) is 51.3. The summed E-state index contributed by atoms with van der Waals surface area (Å²) in [7, 11) is 2.87. The van der Waals surface area contributed by atoms with Crippen LogP contribution in [0.2, 0.25) is 0 Å². The molecule has 1 aliphatic carbocycles. The number of hydrogen-bond donors (Lipinski definition) is 2. The van der Waals surface area contributed by atoms with Crippen LogP contribution in [0.15, 0.2) is 23.0 Å². The van der Waals surface area contributed by atoms with Crippen LogP contribution in [0.25, 0.3) is 0 Å². The number of ether oxygens (including phenoxy) is 2. The molecule has 0 bridgehead atoms. The van der Waals surface area contributed by atoms with Gasteiger partial charge in [-0.05, 0) is 31.2 Å². The van der Waals surface area contributed by atoms with Crippen molar-refractivity contribution in [2.24, 2.45) is 17.3 Å². The van der Waals surface area contributed by atoms with Crippen LogP contribution in [0.4, 0.5) is 0 Å². The standard InChI is InChI=1S/C24H36N2O7/c1-15(2)10-18(21(28)24(3)7-8-24)25-23(30)17(12-31-4)11-20(27)19(14-32-5)26-22(29)16-6-9-33-13-16/h6,9,13,15,17-19H,7-8,10-12,14H2,1-5H3,(H,25,30)(H,26,29)/t17-,18-,19-/m0/s1. The summed E-state index contributed by atoms with van der Waals surface area (Å²) in [5, 5.41) is 5.49. The Hall–Kier alpha value is -2.52. The van der Waals surface area contributed by atoms with Crippen molar-refractivity contribution < 1.29 is 33.1 Å². The van der Waals surface area contributed by atoms with Gasteiger partial charge in [0.05, 0.1) is 37.0 Å². The molecule has 2 rings (SSSR count). The molecule has 0 aliphatic heterocycles. The maximum atomic E-state index is 13.1. The SMILES string of the molecule is COC[C@H](CC(=O)[C@H](COC)NC(=O)c1ccoc1)C(=O)N[C@@H](CC(C)C)C(=O)C1(C)CC1. The average Bonchev–Trinajstić information content (AvgIpc) is 3.27. The molecule has 33 heavy (non-hydrogen) atoms. The highest BCUT2D eigenvalue weighted by Gasteiger charge is 2.48. The van der Waals surface area contributed by atoms with Gasteiger partial charge in [0.2, 0.25) is 5.91 Å². The van der Waals surface area contributed by atoms with E-state index in [9.17, 15) is 19.2 Å². The maximum absolute atomic E-state index is 13.1. The second-order valence-electron chi connectivity index (χ2n) is 9.43. The predicted octanol–water partition coefficient (Wildman–Crippen LogP) is 2.15. The lowest BCUT2D eigenvalue weighted by Gasteiger charge is -2.25. The van der Waals surface area contributed by atoms with Gasteiger partial charge in [0.1, 0.15) is 12.3 Å². The first-order chi connectivity index (χ1) is 15.6. The quantitative estimate of drug-likeness (QED) is 0.407. The van der Waals surface area contributed by atoms with Gasteiger partial charge in [-0.25, -0.2) is 0 Å². The van der Waals surface area contributed by atoms with E-state index in [2.05, 4.69) is 10.6 Å². The minimum atomic E-state index is -0.942. The fourth-order valence-corrected chi connectivity index (χ4v) is 3.68. The number of Topliss-reactive ketones (excluding diaryl/α,β-unsaturated/α-hetero) is 2. The first kappa shape index (κ1) is 26.7. The van der Waals surface area contributed by atoms with E-state index in [4.69, 9.17) is 13.9 Å². The molecule has 1 aliphatic rings. The van der Waals surface area contributed by atoms with Crippen molar-refractivity contribution in [2.75, 3.05) is 27.4 Å². The van der Waals surface area contributed by atoms with Crippen LogP contribution in [0.5, 0.6) is 0 Å². The second kappa shape index (κ2) is 12.1. The molecular weight excluding hydrogens is 428 g/mol. The molecule has 1 fully saturated rings. The third kappa shape index (κ3) is 7.78. The maximum Gasteiger partial charge on any atom is 0.255 e. The average molecular weight is 465 g/mol. The Bertz CT molecular complexity index is 815. The fourth-order valence-electron chi connectivity index (χ4n) is 3.68. The van der Waals surface area contributed by atoms with E-state index in [-0.39, 0.29) is 48.1 Å². The largest absolute Gasteiger partial charge is 0.472 e. The Morgan fingerprint density at radius 2 is 1.73 bits per heavy atom. The van der Waals surface area contributed by atoms with Gasteiger partial charge in [-0.2, -0.15) is 0 Å². The predicted molar refractivity (Wildman–Crippen MR) is 121 cm³/mol. The molecule has 1 heterocycles. The first-order valence-electron chi connectivity index (χ1n) is 11.3. The van der Waals surface area contributed by atoms with Crippen molar-refractivity contribution in [1.29, 1.82) is 0 Å². The molecule has 1 aromatic heterocycles. The molecule has 1 saturated carbocycles. The lowest BCUT2D eigenvalue weighted by atomic mass is 9.90.